The van der Waals surface area contributed by atoms with Crippen molar-refractivity contribution in [2.24, 2.45) is 0 Å². The number of hydrogen-bond acceptors (Lipinski definition) is 3. The number of carbonyl (C=O) groups is 1. The van der Waals surface area contributed by atoms with Gasteiger partial charge >= 0.3 is 18.3 Å². The van der Waals surface area contributed by atoms with Gasteiger partial charge in [-0.25, -0.2) is 4.79 Å². The molecule has 0 aliphatic carbocycles. The van der Waals surface area contributed by atoms with E-state index in [1.165, 1.54) is 38.3 Å². The number of ether oxygens (including phenoxy) is 2. The smallest absolute Gasteiger partial charge is 0.416 e. The van der Waals surface area contributed by atoms with Crippen LogP contribution in [0.1, 0.15) is 29.2 Å². The highest BCUT2D eigenvalue weighted by molar-refractivity contribution is 5.91. The van der Waals surface area contributed by atoms with Gasteiger partial charge in [0.05, 0.1) is 18.2 Å². The van der Waals surface area contributed by atoms with Crippen LogP contribution in [-0.4, -0.2) is 18.2 Å². The number of halogens is 6. The molecule has 10 heteroatoms. The largest absolute Gasteiger partial charge is 0.493 e. The van der Waals surface area contributed by atoms with Crippen LogP contribution < -0.4 is 9.47 Å². The Morgan fingerprint density at radius 2 is 1.67 bits per heavy atom. The van der Waals surface area contributed by atoms with Gasteiger partial charge in [0.2, 0.25) is 0 Å². The van der Waals surface area contributed by atoms with Gasteiger partial charge in [-0.2, -0.15) is 26.3 Å². The average molecular weight is 434 g/mol. The van der Waals surface area contributed by atoms with Gasteiger partial charge < -0.3 is 14.6 Å². The third-order valence-electron chi connectivity index (χ3n) is 4.03. The van der Waals surface area contributed by atoms with Crippen molar-refractivity contribution in [2.75, 3.05) is 7.11 Å². The molecule has 162 valence electrons. The Morgan fingerprint density at radius 3 is 2.20 bits per heavy atom. The number of methoxy groups -OCH3 is 1. The zero-order valence-corrected chi connectivity index (χ0v) is 15.7. The van der Waals surface area contributed by atoms with Crippen LogP contribution in [0.3, 0.4) is 0 Å². The fraction of sp³-hybridized carbons (Fsp3) is 0.250. The maximum atomic E-state index is 13.2. The molecule has 0 radical (unpaired) electrons. The fourth-order valence-electron chi connectivity index (χ4n) is 2.50. The van der Waals surface area contributed by atoms with E-state index in [1.54, 1.807) is 0 Å². The van der Waals surface area contributed by atoms with Gasteiger partial charge in [0.25, 0.3) is 0 Å². The summed E-state index contributed by atoms with van der Waals surface area (Å²) in [7, 11) is 1.28. The SMILES string of the molecule is COc1cc(/C=C(\C)C(=O)O)ccc1OCc1ccc(C(F)(F)F)cc1C(F)(F)F. The number of carboxylic acid groups (broad SMARTS) is 1. The van der Waals surface area contributed by atoms with Gasteiger partial charge in [-0.1, -0.05) is 12.1 Å². The molecule has 30 heavy (non-hydrogen) atoms. The van der Waals surface area contributed by atoms with Crippen molar-refractivity contribution < 1.29 is 45.7 Å². The van der Waals surface area contributed by atoms with Crippen LogP contribution in [0.15, 0.2) is 42.0 Å². The number of rotatable bonds is 6. The van der Waals surface area contributed by atoms with E-state index in [2.05, 4.69) is 0 Å². The summed E-state index contributed by atoms with van der Waals surface area (Å²) in [4.78, 5) is 10.9. The van der Waals surface area contributed by atoms with Crippen molar-refractivity contribution in [2.45, 2.75) is 25.9 Å². The summed E-state index contributed by atoms with van der Waals surface area (Å²) < 4.78 is 88.4. The van der Waals surface area contributed by atoms with Crippen molar-refractivity contribution in [3.63, 3.8) is 0 Å². The zero-order valence-electron chi connectivity index (χ0n) is 15.7. The number of alkyl halides is 6. The standard InChI is InChI=1S/C20H16F6O4/c1-11(18(27)28)7-12-3-6-16(17(8-12)29-2)30-10-13-4-5-14(19(21,22)23)9-15(13)20(24,25)26/h3-9H,10H2,1-2H3,(H,27,28)/b11-7+. The minimum Gasteiger partial charge on any atom is -0.493 e. The monoisotopic (exact) mass is 434 g/mol. The van der Waals surface area contributed by atoms with Crippen LogP contribution in [0.5, 0.6) is 11.5 Å². The van der Waals surface area contributed by atoms with Crippen LogP contribution in [0.25, 0.3) is 6.08 Å². The van der Waals surface area contributed by atoms with Crippen LogP contribution >= 0.6 is 0 Å². The van der Waals surface area contributed by atoms with Crippen molar-refractivity contribution in [1.29, 1.82) is 0 Å². The lowest BCUT2D eigenvalue weighted by Gasteiger charge is -2.17. The molecule has 0 aromatic heterocycles. The number of carboxylic acids is 1. The number of aliphatic carboxylic acids is 1. The lowest BCUT2D eigenvalue weighted by Crippen LogP contribution is -2.14. The highest BCUT2D eigenvalue weighted by atomic mass is 19.4. The van der Waals surface area contributed by atoms with Gasteiger partial charge in [-0.15, -0.1) is 0 Å². The minimum atomic E-state index is -5.01. The molecule has 0 saturated heterocycles. The molecule has 2 aromatic rings. The summed E-state index contributed by atoms with van der Waals surface area (Å²) in [5.74, 6) is -0.977. The van der Waals surface area contributed by atoms with E-state index in [-0.39, 0.29) is 23.1 Å². The lowest BCUT2D eigenvalue weighted by molar-refractivity contribution is -0.143. The van der Waals surface area contributed by atoms with E-state index in [0.29, 0.717) is 17.7 Å². The van der Waals surface area contributed by atoms with Crippen LogP contribution in [0, 0.1) is 0 Å². The lowest BCUT2D eigenvalue weighted by atomic mass is 10.0. The zero-order chi connectivity index (χ0) is 22.7. The first kappa shape index (κ1) is 23.1. The summed E-state index contributed by atoms with van der Waals surface area (Å²) >= 11 is 0. The third kappa shape index (κ3) is 5.68. The van der Waals surface area contributed by atoms with E-state index in [9.17, 15) is 31.1 Å². The van der Waals surface area contributed by atoms with Crippen molar-refractivity contribution >= 4 is 12.0 Å². The second kappa shape index (κ2) is 8.68. The number of benzene rings is 2. The van der Waals surface area contributed by atoms with Crippen LogP contribution in [-0.2, 0) is 23.8 Å². The summed E-state index contributed by atoms with van der Waals surface area (Å²) in [6.45, 7) is 0.717. The molecule has 1 N–H and O–H groups in total. The molecule has 0 aliphatic heterocycles. The molecule has 0 amide bonds. The molecule has 0 heterocycles. The van der Waals surface area contributed by atoms with E-state index in [4.69, 9.17) is 14.6 Å². The van der Waals surface area contributed by atoms with E-state index in [0.717, 1.165) is 0 Å². The molecule has 0 bridgehead atoms. The Labute approximate surface area is 167 Å². The van der Waals surface area contributed by atoms with Gasteiger partial charge in [-0.3, -0.25) is 0 Å². The molecular weight excluding hydrogens is 418 g/mol. The Balaban J connectivity index is 2.32. The molecule has 0 spiro atoms. The Hall–Kier alpha value is -3.17. The molecule has 2 aromatic carbocycles. The highest BCUT2D eigenvalue weighted by Gasteiger charge is 2.38. The first-order valence-corrected chi connectivity index (χ1v) is 8.32. The van der Waals surface area contributed by atoms with Crippen molar-refractivity contribution in [3.8, 4) is 11.5 Å². The average Bonchev–Trinajstić information content (AvgIpc) is 2.65. The molecule has 0 atom stereocenters. The maximum absolute atomic E-state index is 13.2. The topological polar surface area (TPSA) is 55.8 Å². The van der Waals surface area contributed by atoms with Gasteiger partial charge in [-0.05, 0) is 42.8 Å². The molecule has 0 fully saturated rings. The third-order valence-corrected chi connectivity index (χ3v) is 4.03. The van der Waals surface area contributed by atoms with Gasteiger partial charge in [0.1, 0.15) is 6.61 Å². The molecule has 2 rings (SSSR count). The maximum Gasteiger partial charge on any atom is 0.416 e. The molecule has 0 aliphatic rings. The molecular formula is C20H16F6O4. The van der Waals surface area contributed by atoms with E-state index < -0.39 is 41.6 Å². The second-order valence-electron chi connectivity index (χ2n) is 6.20. The van der Waals surface area contributed by atoms with Crippen LogP contribution in [0.2, 0.25) is 0 Å². The first-order chi connectivity index (χ1) is 13.8. The molecule has 0 unspecified atom stereocenters. The Kier molecular flexibility index (Phi) is 6.69. The van der Waals surface area contributed by atoms with Crippen molar-refractivity contribution in [1.82, 2.24) is 0 Å². The van der Waals surface area contributed by atoms with Crippen molar-refractivity contribution in [3.05, 3.63) is 64.2 Å². The van der Waals surface area contributed by atoms with Gasteiger partial charge in [0.15, 0.2) is 11.5 Å². The minimum absolute atomic E-state index is 0.0376. The number of hydrogen-bond donors (Lipinski definition) is 1. The highest BCUT2D eigenvalue weighted by Crippen LogP contribution is 2.38. The normalized spacial score (nSPS) is 12.6. The summed E-state index contributed by atoms with van der Waals surface area (Å²) in [6.07, 6.45) is -8.57. The van der Waals surface area contributed by atoms with E-state index in [1.807, 2.05) is 0 Å². The first-order valence-electron chi connectivity index (χ1n) is 8.32. The summed E-state index contributed by atoms with van der Waals surface area (Å²) in [6, 6.07) is 5.54. The molecule has 4 nitrogen and oxygen atoms in total. The summed E-state index contributed by atoms with van der Waals surface area (Å²) in [5.41, 5.74) is -2.85. The fourth-order valence-corrected chi connectivity index (χ4v) is 2.50. The van der Waals surface area contributed by atoms with E-state index >= 15 is 0 Å². The second-order valence-corrected chi connectivity index (χ2v) is 6.20. The van der Waals surface area contributed by atoms with Gasteiger partial charge in [0, 0.05) is 11.1 Å². The predicted molar refractivity (Wildman–Crippen MR) is 95.1 cm³/mol. The quantitative estimate of drug-likeness (QED) is 0.461. The molecule has 0 saturated carbocycles. The summed E-state index contributed by atoms with van der Waals surface area (Å²) in [5, 5.41) is 8.91. The predicted octanol–water partition coefficient (Wildman–Crippen LogP) is 5.80. The van der Waals surface area contributed by atoms with Crippen LogP contribution in [0.4, 0.5) is 26.3 Å². The Bertz CT molecular complexity index is 961. The Morgan fingerprint density at radius 1 is 1.00 bits per heavy atom.